The molecule has 0 aliphatic heterocycles. The van der Waals surface area contributed by atoms with Crippen LogP contribution in [0.25, 0.3) is 0 Å². The van der Waals surface area contributed by atoms with Gasteiger partial charge in [0, 0.05) is 19.2 Å². The molecule has 0 saturated heterocycles. The number of ketones is 1. The van der Waals surface area contributed by atoms with Crippen molar-refractivity contribution < 1.29 is 19.2 Å². The maximum absolute atomic E-state index is 12.9. The predicted octanol–water partition coefficient (Wildman–Crippen LogP) is -0.238. The Labute approximate surface area is 175 Å². The van der Waals surface area contributed by atoms with Crippen molar-refractivity contribution in [2.45, 2.75) is 33.4 Å². The van der Waals surface area contributed by atoms with Gasteiger partial charge in [-0.3, -0.25) is 18.7 Å². The van der Waals surface area contributed by atoms with E-state index in [4.69, 9.17) is 15.2 Å². The second-order valence-electron chi connectivity index (χ2n) is 7.43. The molecule has 30 heavy (non-hydrogen) atoms. The number of nitrogen functional groups attached to an aromatic ring is 1. The summed E-state index contributed by atoms with van der Waals surface area (Å²) in [4.78, 5) is 38.7. The fraction of sp³-hybridized carbons (Fsp3) is 0.476. The highest BCUT2D eigenvalue weighted by Gasteiger charge is 2.24. The Morgan fingerprint density at radius 2 is 1.77 bits per heavy atom. The normalized spacial score (nSPS) is 11.9. The van der Waals surface area contributed by atoms with Gasteiger partial charge in [-0.1, -0.05) is 6.92 Å². The Hall–Kier alpha value is -3.07. The topological polar surface area (TPSA) is 110 Å². The van der Waals surface area contributed by atoms with Crippen molar-refractivity contribution in [3.8, 4) is 11.5 Å². The number of Topliss-reactive ketones (excluding diaryl/α,β-unsaturated/α-hetero) is 1. The number of likely N-dealkylation sites (N-methyl/N-ethyl adjacent to an activating group) is 1. The molecule has 0 fully saturated rings. The molecule has 0 bridgehead atoms. The first kappa shape index (κ1) is 23.2. The van der Waals surface area contributed by atoms with E-state index in [1.807, 2.05) is 33.0 Å². The predicted molar refractivity (Wildman–Crippen MR) is 115 cm³/mol. The van der Waals surface area contributed by atoms with E-state index in [2.05, 4.69) is 0 Å². The summed E-state index contributed by atoms with van der Waals surface area (Å²) in [5, 5.41) is 0. The van der Waals surface area contributed by atoms with Crippen molar-refractivity contribution in [1.29, 1.82) is 0 Å². The lowest BCUT2D eigenvalue weighted by Gasteiger charge is -2.18. The molecule has 1 aromatic carbocycles. The first-order valence-corrected chi connectivity index (χ1v) is 9.81. The molecule has 0 saturated carbocycles. The first-order valence-electron chi connectivity index (χ1n) is 9.81. The number of aromatic nitrogens is 2. The third kappa shape index (κ3) is 4.56. The van der Waals surface area contributed by atoms with Crippen molar-refractivity contribution in [2.24, 2.45) is 7.05 Å². The summed E-state index contributed by atoms with van der Waals surface area (Å²) in [5.74, 6) is 0.794. The van der Waals surface area contributed by atoms with Gasteiger partial charge in [0.15, 0.2) is 11.5 Å². The second-order valence-corrected chi connectivity index (χ2v) is 7.43. The number of nitrogens with one attached hydrogen (secondary N) is 1. The summed E-state index contributed by atoms with van der Waals surface area (Å²) in [6.07, 6.45) is 0.652. The molecule has 3 N–H and O–H groups in total. The van der Waals surface area contributed by atoms with E-state index in [-0.39, 0.29) is 17.9 Å². The average molecular weight is 420 g/mol. The minimum atomic E-state index is -0.662. The van der Waals surface area contributed by atoms with E-state index in [0.717, 1.165) is 20.6 Å². The first-order chi connectivity index (χ1) is 14.2. The number of quaternary nitrogens is 1. The van der Waals surface area contributed by atoms with Crippen LogP contribution in [0.1, 0.15) is 34.8 Å². The minimum absolute atomic E-state index is 0.0531. The number of hydrogen-bond acceptors (Lipinski definition) is 6. The summed E-state index contributed by atoms with van der Waals surface area (Å²) in [5.41, 5.74) is 6.74. The zero-order valence-electron chi connectivity index (χ0n) is 18.5. The molecule has 1 aromatic heterocycles. The van der Waals surface area contributed by atoms with Crippen molar-refractivity contribution >= 4 is 11.6 Å². The van der Waals surface area contributed by atoms with Crippen LogP contribution >= 0.6 is 0 Å². The van der Waals surface area contributed by atoms with Crippen LogP contribution in [0.3, 0.4) is 0 Å². The third-order valence-corrected chi connectivity index (χ3v) is 5.11. The lowest BCUT2D eigenvalue weighted by molar-refractivity contribution is -0.884. The van der Waals surface area contributed by atoms with Crippen LogP contribution < -0.4 is 31.4 Å². The lowest BCUT2D eigenvalue weighted by Crippen LogP contribution is -3.08. The summed E-state index contributed by atoms with van der Waals surface area (Å²) >= 11 is 0. The maximum Gasteiger partial charge on any atom is 0.332 e. The third-order valence-electron chi connectivity index (χ3n) is 5.11. The highest BCUT2D eigenvalue weighted by molar-refractivity contribution is 6.00. The second kappa shape index (κ2) is 9.62. The van der Waals surface area contributed by atoms with Crippen LogP contribution in [0, 0.1) is 6.92 Å². The number of carbonyl (C=O) groups excluding carboxylic acids is 1. The standard InChI is InChI=1S/C21H30N4O5/c1-7-8-25-19(22)18(20(27)24(4)21(25)28)15(26)12-23(3)11-14-10-17(30-6)16(29-5)9-13(14)2/h9-10H,7-8,11-12,22H2,1-6H3/p+1. The molecule has 0 radical (unpaired) electrons. The van der Waals surface area contributed by atoms with E-state index in [0.29, 0.717) is 31.0 Å². The van der Waals surface area contributed by atoms with Crippen LogP contribution in [-0.4, -0.2) is 42.7 Å². The number of methoxy groups -OCH3 is 2. The number of ether oxygens (including phenoxy) is 2. The largest absolute Gasteiger partial charge is 0.493 e. The van der Waals surface area contributed by atoms with Crippen LogP contribution in [0.5, 0.6) is 11.5 Å². The fourth-order valence-corrected chi connectivity index (χ4v) is 3.45. The number of nitrogens with zero attached hydrogens (tertiary/aromatic N) is 2. The molecule has 9 heteroatoms. The molecular formula is C21H31N4O5+. The highest BCUT2D eigenvalue weighted by atomic mass is 16.5. The van der Waals surface area contributed by atoms with Gasteiger partial charge in [0.1, 0.15) is 24.5 Å². The Bertz CT molecular complexity index is 1050. The van der Waals surface area contributed by atoms with Crippen LogP contribution in [0.4, 0.5) is 5.82 Å². The van der Waals surface area contributed by atoms with Gasteiger partial charge in [-0.2, -0.15) is 0 Å². The van der Waals surface area contributed by atoms with Crippen molar-refractivity contribution in [3.05, 3.63) is 49.7 Å². The Balaban J connectivity index is 2.31. The molecule has 2 rings (SSSR count). The SMILES string of the molecule is CCCn1c(N)c(C(=O)C[NH+](C)Cc2cc(OC)c(OC)cc2C)c(=O)n(C)c1=O. The van der Waals surface area contributed by atoms with Crippen molar-refractivity contribution in [2.75, 3.05) is 33.5 Å². The zero-order valence-corrected chi connectivity index (χ0v) is 18.5. The number of nitrogens with two attached hydrogens (primary N) is 1. The number of hydrogen-bond donors (Lipinski definition) is 2. The summed E-state index contributed by atoms with van der Waals surface area (Å²) in [6.45, 7) is 4.78. The number of benzene rings is 1. The van der Waals surface area contributed by atoms with Gasteiger partial charge in [0.2, 0.25) is 5.78 Å². The van der Waals surface area contributed by atoms with Crippen LogP contribution in [0.15, 0.2) is 21.7 Å². The molecule has 0 amide bonds. The Morgan fingerprint density at radius 3 is 2.33 bits per heavy atom. The molecule has 0 aliphatic carbocycles. The molecular weight excluding hydrogens is 388 g/mol. The molecule has 1 heterocycles. The quantitative estimate of drug-likeness (QED) is 0.543. The van der Waals surface area contributed by atoms with Gasteiger partial charge in [-0.15, -0.1) is 0 Å². The van der Waals surface area contributed by atoms with Crippen molar-refractivity contribution in [1.82, 2.24) is 9.13 Å². The van der Waals surface area contributed by atoms with E-state index in [1.165, 1.54) is 11.6 Å². The van der Waals surface area contributed by atoms with Gasteiger partial charge < -0.3 is 20.1 Å². The van der Waals surface area contributed by atoms with Crippen LogP contribution in [0.2, 0.25) is 0 Å². The minimum Gasteiger partial charge on any atom is -0.493 e. The van der Waals surface area contributed by atoms with E-state index in [1.54, 1.807) is 14.2 Å². The van der Waals surface area contributed by atoms with Gasteiger partial charge in [0.25, 0.3) is 5.56 Å². The smallest absolute Gasteiger partial charge is 0.332 e. The summed E-state index contributed by atoms with van der Waals surface area (Å²) in [7, 11) is 6.37. The van der Waals surface area contributed by atoms with Crippen molar-refractivity contribution in [3.63, 3.8) is 0 Å². The van der Waals surface area contributed by atoms with E-state index < -0.39 is 17.0 Å². The van der Waals surface area contributed by atoms with Gasteiger partial charge in [-0.25, -0.2) is 4.79 Å². The monoisotopic (exact) mass is 419 g/mol. The molecule has 164 valence electrons. The molecule has 0 aliphatic rings. The van der Waals surface area contributed by atoms with E-state index >= 15 is 0 Å². The molecule has 9 nitrogen and oxygen atoms in total. The highest BCUT2D eigenvalue weighted by Crippen LogP contribution is 2.29. The number of carbonyl (C=O) groups is 1. The van der Waals surface area contributed by atoms with Gasteiger partial charge in [0.05, 0.1) is 21.3 Å². The zero-order chi connectivity index (χ0) is 22.6. The number of anilines is 1. The lowest BCUT2D eigenvalue weighted by atomic mass is 10.1. The Kier molecular flexibility index (Phi) is 7.44. The van der Waals surface area contributed by atoms with Gasteiger partial charge >= 0.3 is 5.69 Å². The molecule has 1 atom stereocenters. The maximum atomic E-state index is 12.9. The fourth-order valence-electron chi connectivity index (χ4n) is 3.45. The molecule has 0 spiro atoms. The molecule has 2 aromatic rings. The van der Waals surface area contributed by atoms with E-state index in [9.17, 15) is 14.4 Å². The number of rotatable bonds is 9. The number of aryl methyl sites for hydroxylation is 1. The average Bonchev–Trinajstić information content (AvgIpc) is 2.70. The summed E-state index contributed by atoms with van der Waals surface area (Å²) < 4.78 is 12.9. The van der Waals surface area contributed by atoms with Crippen LogP contribution in [-0.2, 0) is 20.1 Å². The molecule has 1 unspecified atom stereocenters. The Morgan fingerprint density at radius 1 is 1.17 bits per heavy atom. The van der Waals surface area contributed by atoms with Gasteiger partial charge in [-0.05, 0) is 31.0 Å². The summed E-state index contributed by atoms with van der Waals surface area (Å²) in [6, 6.07) is 3.77.